The van der Waals surface area contributed by atoms with Crippen molar-refractivity contribution in [1.29, 1.82) is 0 Å². The van der Waals surface area contributed by atoms with Crippen molar-refractivity contribution < 1.29 is 0 Å². The molecule has 0 radical (unpaired) electrons. The molecule has 0 spiro atoms. The van der Waals surface area contributed by atoms with E-state index in [1.54, 1.807) is 6.08 Å². The van der Waals surface area contributed by atoms with Crippen molar-refractivity contribution in [3.8, 4) is 0 Å². The van der Waals surface area contributed by atoms with Gasteiger partial charge in [0.2, 0.25) is 0 Å². The van der Waals surface area contributed by atoms with E-state index in [1.807, 2.05) is 6.92 Å². The van der Waals surface area contributed by atoms with Crippen molar-refractivity contribution in [1.82, 2.24) is 0 Å². The molecule has 3 rings (SSSR count). The maximum Gasteiger partial charge on any atom is -0.0187 e. The fraction of sp³-hybridized carbons (Fsp3) is 0.400. The third-order valence-corrected chi connectivity index (χ3v) is 5.96. The fourth-order valence-corrected chi connectivity index (χ4v) is 3.15. The Balaban J connectivity index is 0. The summed E-state index contributed by atoms with van der Waals surface area (Å²) in [5, 5.41) is 0. The van der Waals surface area contributed by atoms with Gasteiger partial charge in [0.1, 0.15) is 0 Å². The van der Waals surface area contributed by atoms with E-state index in [0.717, 1.165) is 0 Å². The molecule has 0 atom stereocenters. The maximum atomic E-state index is 3.36. The van der Waals surface area contributed by atoms with E-state index in [-0.39, 0.29) is 0 Å². The summed E-state index contributed by atoms with van der Waals surface area (Å²) in [6, 6.07) is 25.7. The molecule has 0 aliphatic rings. The van der Waals surface area contributed by atoms with Crippen molar-refractivity contribution in [2.24, 2.45) is 0 Å². The van der Waals surface area contributed by atoms with Crippen LogP contribution in [0.3, 0.4) is 0 Å². The highest BCUT2D eigenvalue weighted by Gasteiger charge is 1.98. The summed E-state index contributed by atoms with van der Waals surface area (Å²) in [6.07, 6.45) is 12.7. The fourth-order valence-electron chi connectivity index (χ4n) is 3.15. The SMILES string of the molecule is C/C=C(\C=C(/C)CCCC)c1ccc(C)cc1.C=CC.CCCC.Cc1ccc(C)cc1.Cc1ccc(C)cc1. The first kappa shape index (κ1) is 39.0. The summed E-state index contributed by atoms with van der Waals surface area (Å²) in [5.74, 6) is 0. The molecule has 0 N–H and O–H groups in total. The zero-order chi connectivity index (χ0) is 30.8. The van der Waals surface area contributed by atoms with E-state index in [2.05, 4.69) is 161 Å². The van der Waals surface area contributed by atoms with Gasteiger partial charge in [0.15, 0.2) is 0 Å². The lowest BCUT2D eigenvalue weighted by Crippen LogP contribution is -1.84. The third-order valence-electron chi connectivity index (χ3n) is 5.96. The van der Waals surface area contributed by atoms with Crippen LogP contribution in [0.2, 0.25) is 0 Å². The van der Waals surface area contributed by atoms with Crippen molar-refractivity contribution in [3.63, 3.8) is 0 Å². The molecule has 0 fully saturated rings. The van der Waals surface area contributed by atoms with Gasteiger partial charge in [0, 0.05) is 0 Å². The molecule has 0 bridgehead atoms. The summed E-state index contributed by atoms with van der Waals surface area (Å²) >= 11 is 0. The highest BCUT2D eigenvalue weighted by Crippen LogP contribution is 2.20. The molecule has 0 saturated carbocycles. The lowest BCUT2D eigenvalue weighted by molar-refractivity contribution is 0.788. The zero-order valence-electron chi connectivity index (χ0n) is 27.9. The van der Waals surface area contributed by atoms with Crippen LogP contribution in [-0.4, -0.2) is 0 Å². The van der Waals surface area contributed by atoms with Crippen LogP contribution in [0.15, 0.2) is 103 Å². The van der Waals surface area contributed by atoms with Gasteiger partial charge in [0.05, 0.1) is 0 Å². The first-order chi connectivity index (χ1) is 19.1. The van der Waals surface area contributed by atoms with Crippen LogP contribution < -0.4 is 0 Å². The lowest BCUT2D eigenvalue weighted by Gasteiger charge is -2.05. The van der Waals surface area contributed by atoms with E-state index in [0.29, 0.717) is 0 Å². The van der Waals surface area contributed by atoms with Gasteiger partial charge < -0.3 is 0 Å². The summed E-state index contributed by atoms with van der Waals surface area (Å²) in [6.45, 7) is 26.7. The van der Waals surface area contributed by atoms with Crippen LogP contribution >= 0.6 is 0 Å². The number of rotatable bonds is 6. The molecule has 0 heterocycles. The molecule has 0 aliphatic carbocycles. The number of hydrogen-bond donors (Lipinski definition) is 0. The summed E-state index contributed by atoms with van der Waals surface area (Å²) < 4.78 is 0. The monoisotopic (exact) mass is 540 g/mol. The second-order valence-corrected chi connectivity index (χ2v) is 10.4. The molecule has 0 heteroatoms. The quantitative estimate of drug-likeness (QED) is 0.215. The number of benzene rings is 3. The summed E-state index contributed by atoms with van der Waals surface area (Å²) in [4.78, 5) is 0. The second kappa shape index (κ2) is 26.1. The van der Waals surface area contributed by atoms with Gasteiger partial charge in [-0.2, -0.15) is 0 Å². The molecule has 0 nitrogen and oxygen atoms in total. The average Bonchev–Trinajstić information content (AvgIpc) is 2.95. The van der Waals surface area contributed by atoms with Gasteiger partial charge in [-0.3, -0.25) is 0 Å². The Kier molecular flexibility index (Phi) is 25.5. The average molecular weight is 541 g/mol. The van der Waals surface area contributed by atoms with Crippen LogP contribution in [0, 0.1) is 34.6 Å². The molecular weight excluding hydrogens is 480 g/mol. The number of hydrogen-bond acceptors (Lipinski definition) is 0. The molecule has 40 heavy (non-hydrogen) atoms. The molecule has 0 aliphatic heterocycles. The van der Waals surface area contributed by atoms with Crippen LogP contribution in [0.1, 0.15) is 107 Å². The predicted octanol–water partition coefficient (Wildman–Crippen LogP) is 13.1. The maximum absolute atomic E-state index is 3.36. The first-order valence-corrected chi connectivity index (χ1v) is 15.1. The first-order valence-electron chi connectivity index (χ1n) is 15.1. The minimum atomic E-state index is 1.21. The molecule has 3 aromatic carbocycles. The minimum Gasteiger partial charge on any atom is -0.103 e. The Labute approximate surface area is 250 Å². The smallest absolute Gasteiger partial charge is 0.0187 e. The van der Waals surface area contributed by atoms with E-state index in [4.69, 9.17) is 0 Å². The molecule has 0 unspecified atom stereocenters. The van der Waals surface area contributed by atoms with Crippen LogP contribution in [0.4, 0.5) is 0 Å². The Hall–Kier alpha value is -3.12. The highest BCUT2D eigenvalue weighted by molar-refractivity contribution is 5.74. The normalized spacial score (nSPS) is 10.3. The minimum absolute atomic E-state index is 1.21. The number of unbranched alkanes of at least 4 members (excludes halogenated alkanes) is 2. The molecular formula is C40H60. The third kappa shape index (κ3) is 22.8. The van der Waals surface area contributed by atoms with Gasteiger partial charge in [-0.1, -0.05) is 164 Å². The molecule has 3 aromatic rings. The lowest BCUT2D eigenvalue weighted by atomic mass is 10.00. The molecule has 0 aromatic heterocycles. The van der Waals surface area contributed by atoms with E-state index < -0.39 is 0 Å². The van der Waals surface area contributed by atoms with Gasteiger partial charge >= 0.3 is 0 Å². The predicted molar refractivity (Wildman–Crippen MR) is 186 cm³/mol. The van der Waals surface area contributed by atoms with Crippen molar-refractivity contribution in [2.75, 3.05) is 0 Å². The van der Waals surface area contributed by atoms with Crippen molar-refractivity contribution in [2.45, 2.75) is 108 Å². The van der Waals surface area contributed by atoms with E-state index in [1.165, 1.54) is 76.6 Å². The van der Waals surface area contributed by atoms with Gasteiger partial charge in [0.25, 0.3) is 0 Å². The zero-order valence-corrected chi connectivity index (χ0v) is 27.9. The molecule has 0 saturated heterocycles. The Morgan fingerprint density at radius 2 is 0.875 bits per heavy atom. The van der Waals surface area contributed by atoms with Crippen molar-refractivity contribution >= 4 is 5.57 Å². The number of aryl methyl sites for hydroxylation is 5. The van der Waals surface area contributed by atoms with Gasteiger partial charge in [-0.25, -0.2) is 0 Å². The van der Waals surface area contributed by atoms with Crippen molar-refractivity contribution in [3.05, 3.63) is 137 Å². The Morgan fingerprint density at radius 3 is 1.12 bits per heavy atom. The van der Waals surface area contributed by atoms with Gasteiger partial charge in [-0.05, 0) is 79.4 Å². The topological polar surface area (TPSA) is 0 Å². The Morgan fingerprint density at radius 1 is 0.575 bits per heavy atom. The summed E-state index contributed by atoms with van der Waals surface area (Å²) in [7, 11) is 0. The second-order valence-electron chi connectivity index (χ2n) is 10.4. The highest BCUT2D eigenvalue weighted by atomic mass is 14.0. The van der Waals surface area contributed by atoms with Crippen LogP contribution in [0.5, 0.6) is 0 Å². The molecule has 0 amide bonds. The van der Waals surface area contributed by atoms with Crippen LogP contribution in [-0.2, 0) is 0 Å². The van der Waals surface area contributed by atoms with Crippen LogP contribution in [0.25, 0.3) is 5.57 Å². The Bertz CT molecular complexity index is 955. The largest absolute Gasteiger partial charge is 0.103 e. The number of allylic oxidation sites excluding steroid dienone is 5. The standard InChI is InChI=1S/C17H24.2C8H10.C4H10.C3H6/c1-5-7-8-15(4)13-16(6-2)17-11-9-14(3)10-12-17;2*1-7-3-5-8(2)6-4-7;1-3-4-2;1-3-2/h6,9-13H,5,7-8H2,1-4H3;2*3-6H,1-2H3;3-4H2,1-2H3;3H,1H2,2H3/b15-13+,16-6+;;;;. The van der Waals surface area contributed by atoms with Gasteiger partial charge in [-0.15, -0.1) is 6.58 Å². The van der Waals surface area contributed by atoms with E-state index >= 15 is 0 Å². The molecule has 220 valence electrons. The van der Waals surface area contributed by atoms with E-state index in [9.17, 15) is 0 Å². The summed E-state index contributed by atoms with van der Waals surface area (Å²) in [5.41, 5.74) is 10.8.